The van der Waals surface area contributed by atoms with Crippen molar-refractivity contribution < 1.29 is 5.11 Å². The molecule has 0 bridgehead atoms. The van der Waals surface area contributed by atoms with E-state index in [0.29, 0.717) is 11.7 Å². The van der Waals surface area contributed by atoms with Crippen LogP contribution >= 0.6 is 12.2 Å². The van der Waals surface area contributed by atoms with E-state index in [-0.39, 0.29) is 6.61 Å². The zero-order valence-electron chi connectivity index (χ0n) is 11.9. The van der Waals surface area contributed by atoms with Crippen molar-refractivity contribution in [1.29, 1.82) is 0 Å². The van der Waals surface area contributed by atoms with Gasteiger partial charge in [-0.05, 0) is 62.2 Å². The first-order chi connectivity index (χ1) is 8.97. The van der Waals surface area contributed by atoms with Gasteiger partial charge in [-0.25, -0.2) is 0 Å². The summed E-state index contributed by atoms with van der Waals surface area (Å²) in [6, 6.07) is 2.18. The highest BCUT2D eigenvalue weighted by Gasteiger charge is 2.06. The molecule has 3 N–H and O–H groups in total. The van der Waals surface area contributed by atoms with Crippen LogP contribution in [0.2, 0.25) is 0 Å². The van der Waals surface area contributed by atoms with Gasteiger partial charge in [-0.3, -0.25) is 5.43 Å². The van der Waals surface area contributed by atoms with Gasteiger partial charge in [0.25, 0.3) is 0 Å². The fourth-order valence-electron chi connectivity index (χ4n) is 1.81. The number of aliphatic hydroxyl groups excluding tert-OH is 1. The number of hydrogen-bond acceptors (Lipinski definition) is 3. The van der Waals surface area contributed by atoms with Crippen LogP contribution in [0.1, 0.15) is 27.8 Å². The lowest BCUT2D eigenvalue weighted by molar-refractivity contribution is 0.300. The summed E-state index contributed by atoms with van der Waals surface area (Å²) in [5, 5.41) is 16.0. The monoisotopic (exact) mass is 279 g/mol. The maximum Gasteiger partial charge on any atom is 0.187 e. The summed E-state index contributed by atoms with van der Waals surface area (Å²) in [5.74, 6) is 0. The van der Waals surface area contributed by atoms with E-state index in [1.807, 2.05) is 0 Å². The zero-order valence-corrected chi connectivity index (χ0v) is 12.7. The molecule has 0 aromatic heterocycles. The molecule has 0 radical (unpaired) electrons. The van der Waals surface area contributed by atoms with Gasteiger partial charge in [0.05, 0.1) is 12.8 Å². The van der Waals surface area contributed by atoms with Crippen molar-refractivity contribution in [2.45, 2.75) is 27.7 Å². The fraction of sp³-hybridized carbons (Fsp3) is 0.429. The van der Waals surface area contributed by atoms with Crippen molar-refractivity contribution in [3.05, 3.63) is 33.9 Å². The Morgan fingerprint density at radius 3 is 2.37 bits per heavy atom. The number of nitrogens with one attached hydrogen (secondary N) is 2. The Morgan fingerprint density at radius 2 is 1.84 bits per heavy atom. The summed E-state index contributed by atoms with van der Waals surface area (Å²) in [6.07, 6.45) is 1.79. The van der Waals surface area contributed by atoms with Crippen LogP contribution in [0.15, 0.2) is 11.2 Å². The molecule has 0 unspecified atom stereocenters. The summed E-state index contributed by atoms with van der Waals surface area (Å²) in [5.41, 5.74) is 8.82. The van der Waals surface area contributed by atoms with E-state index in [1.54, 1.807) is 6.21 Å². The average Bonchev–Trinajstić information content (AvgIpc) is 2.38. The first-order valence-electron chi connectivity index (χ1n) is 6.22. The first-order valence-corrected chi connectivity index (χ1v) is 6.63. The highest BCUT2D eigenvalue weighted by atomic mass is 32.1. The molecule has 5 heteroatoms. The topological polar surface area (TPSA) is 56.7 Å². The van der Waals surface area contributed by atoms with Crippen molar-refractivity contribution in [1.82, 2.24) is 10.7 Å². The van der Waals surface area contributed by atoms with Crippen LogP contribution in [-0.4, -0.2) is 29.6 Å². The third-order valence-corrected chi connectivity index (χ3v) is 3.42. The number of rotatable bonds is 4. The molecule has 0 saturated carbocycles. The Balaban J connectivity index is 2.80. The lowest BCUT2D eigenvalue weighted by Crippen LogP contribution is -2.33. The number of hydrogen-bond donors (Lipinski definition) is 3. The fourth-order valence-corrected chi connectivity index (χ4v) is 1.96. The minimum atomic E-state index is 0.0425. The molecule has 0 aliphatic rings. The highest BCUT2D eigenvalue weighted by molar-refractivity contribution is 7.80. The van der Waals surface area contributed by atoms with E-state index < -0.39 is 0 Å². The molecule has 0 heterocycles. The molecule has 0 amide bonds. The minimum absolute atomic E-state index is 0.0425. The number of aliphatic hydroxyl groups is 1. The Labute approximate surface area is 119 Å². The van der Waals surface area contributed by atoms with Gasteiger partial charge in [0.2, 0.25) is 0 Å². The second-order valence-corrected chi connectivity index (χ2v) is 4.93. The van der Waals surface area contributed by atoms with Crippen molar-refractivity contribution >= 4 is 23.5 Å². The molecule has 0 aliphatic heterocycles. The maximum absolute atomic E-state index is 8.66. The lowest BCUT2D eigenvalue weighted by Gasteiger charge is -2.11. The Bertz CT molecular complexity index is 472. The molecule has 0 spiro atoms. The summed E-state index contributed by atoms with van der Waals surface area (Å²) in [4.78, 5) is 0. The quantitative estimate of drug-likeness (QED) is 0.446. The Morgan fingerprint density at radius 1 is 1.26 bits per heavy atom. The normalized spacial score (nSPS) is 10.8. The van der Waals surface area contributed by atoms with Gasteiger partial charge in [-0.2, -0.15) is 5.10 Å². The summed E-state index contributed by atoms with van der Waals surface area (Å²) in [7, 11) is 0. The van der Waals surface area contributed by atoms with E-state index in [2.05, 4.69) is 49.6 Å². The van der Waals surface area contributed by atoms with Crippen LogP contribution in [0, 0.1) is 27.7 Å². The minimum Gasteiger partial charge on any atom is -0.395 e. The molecular weight excluding hydrogens is 258 g/mol. The zero-order chi connectivity index (χ0) is 14.4. The SMILES string of the molecule is Cc1cc(C)c(C)c(/C=N/NC(=S)NCCO)c1C. The van der Waals surface area contributed by atoms with Crippen LogP contribution in [0.25, 0.3) is 0 Å². The summed E-state index contributed by atoms with van der Waals surface area (Å²) >= 11 is 5.01. The molecule has 19 heavy (non-hydrogen) atoms. The first kappa shape index (κ1) is 15.6. The molecular formula is C14H21N3OS. The third kappa shape index (κ3) is 4.29. The van der Waals surface area contributed by atoms with Gasteiger partial charge in [0, 0.05) is 12.1 Å². The van der Waals surface area contributed by atoms with Crippen molar-refractivity contribution in [3.63, 3.8) is 0 Å². The van der Waals surface area contributed by atoms with Crippen molar-refractivity contribution in [3.8, 4) is 0 Å². The van der Waals surface area contributed by atoms with Gasteiger partial charge in [-0.15, -0.1) is 0 Å². The van der Waals surface area contributed by atoms with E-state index in [4.69, 9.17) is 17.3 Å². The molecule has 1 aromatic rings. The average molecular weight is 279 g/mol. The van der Waals surface area contributed by atoms with Crippen molar-refractivity contribution in [2.75, 3.05) is 13.2 Å². The number of hydrazone groups is 1. The van der Waals surface area contributed by atoms with Gasteiger partial charge >= 0.3 is 0 Å². The molecule has 0 saturated heterocycles. The standard InChI is InChI=1S/C14H21N3OS/c1-9-7-10(2)12(4)13(11(9)3)8-16-17-14(19)15-5-6-18/h7-8,18H,5-6H2,1-4H3,(H2,15,17,19)/b16-8+. The van der Waals surface area contributed by atoms with Crippen molar-refractivity contribution in [2.24, 2.45) is 5.10 Å². The van der Waals surface area contributed by atoms with Crippen LogP contribution in [-0.2, 0) is 0 Å². The van der Waals surface area contributed by atoms with Gasteiger partial charge in [0.15, 0.2) is 5.11 Å². The maximum atomic E-state index is 8.66. The van der Waals surface area contributed by atoms with Gasteiger partial charge < -0.3 is 10.4 Å². The van der Waals surface area contributed by atoms with Crippen LogP contribution in [0.5, 0.6) is 0 Å². The van der Waals surface area contributed by atoms with E-state index in [9.17, 15) is 0 Å². The highest BCUT2D eigenvalue weighted by Crippen LogP contribution is 2.19. The number of aryl methyl sites for hydroxylation is 2. The number of thiocarbonyl (C=S) groups is 1. The second kappa shape index (κ2) is 7.21. The van der Waals surface area contributed by atoms with E-state index in [1.165, 1.54) is 22.3 Å². The molecule has 0 fully saturated rings. The molecule has 1 aromatic carbocycles. The molecule has 0 atom stereocenters. The third-order valence-electron chi connectivity index (χ3n) is 3.18. The Hall–Kier alpha value is -1.46. The molecule has 0 aliphatic carbocycles. The van der Waals surface area contributed by atoms with Gasteiger partial charge in [0.1, 0.15) is 0 Å². The van der Waals surface area contributed by atoms with E-state index >= 15 is 0 Å². The second-order valence-electron chi connectivity index (χ2n) is 4.52. The predicted molar refractivity (Wildman–Crippen MR) is 83.8 cm³/mol. The van der Waals surface area contributed by atoms with Crippen LogP contribution in [0.3, 0.4) is 0 Å². The van der Waals surface area contributed by atoms with Crippen LogP contribution in [0.4, 0.5) is 0 Å². The Kier molecular flexibility index (Phi) is 5.92. The predicted octanol–water partition coefficient (Wildman–Crippen LogP) is 1.71. The van der Waals surface area contributed by atoms with E-state index in [0.717, 1.165) is 5.56 Å². The van der Waals surface area contributed by atoms with Crippen LogP contribution < -0.4 is 10.7 Å². The molecule has 104 valence electrons. The number of benzene rings is 1. The smallest absolute Gasteiger partial charge is 0.187 e. The number of nitrogens with zero attached hydrogens (tertiary/aromatic N) is 1. The molecule has 4 nitrogen and oxygen atoms in total. The van der Waals surface area contributed by atoms with Gasteiger partial charge in [-0.1, -0.05) is 6.07 Å². The molecule has 1 rings (SSSR count). The summed E-state index contributed by atoms with van der Waals surface area (Å²) < 4.78 is 0. The summed E-state index contributed by atoms with van der Waals surface area (Å²) in [6.45, 7) is 8.83. The lowest BCUT2D eigenvalue weighted by atomic mass is 9.95. The largest absolute Gasteiger partial charge is 0.395 e.